The van der Waals surface area contributed by atoms with E-state index in [-0.39, 0.29) is 23.7 Å². The Kier molecular flexibility index (Phi) is 3.39. The molecule has 1 amide bonds. The van der Waals surface area contributed by atoms with Crippen LogP contribution in [0.1, 0.15) is 38.3 Å². The molecule has 98 valence electrons. The van der Waals surface area contributed by atoms with Crippen molar-refractivity contribution in [2.24, 2.45) is 11.7 Å². The van der Waals surface area contributed by atoms with Gasteiger partial charge in [0, 0.05) is 0 Å². The second-order valence-corrected chi connectivity index (χ2v) is 5.30. The Morgan fingerprint density at radius 1 is 1.44 bits per heavy atom. The number of nitrogens with one attached hydrogen (secondary N) is 1. The van der Waals surface area contributed by atoms with Crippen molar-refractivity contribution in [1.82, 2.24) is 5.32 Å². The summed E-state index contributed by atoms with van der Waals surface area (Å²) in [6, 6.07) is 5.96. The van der Waals surface area contributed by atoms with Crippen LogP contribution in [0.2, 0.25) is 0 Å². The SMILES string of the molecule is C[C@@H](NC(=O)C(C)(N)C1CC1)c1ccc(F)cc1. The molecule has 2 rings (SSSR count). The molecule has 0 spiro atoms. The van der Waals surface area contributed by atoms with Gasteiger partial charge in [0.1, 0.15) is 5.82 Å². The number of halogens is 1. The fourth-order valence-electron chi connectivity index (χ4n) is 2.06. The first kappa shape index (κ1) is 13.0. The van der Waals surface area contributed by atoms with E-state index >= 15 is 0 Å². The Balaban J connectivity index is 2.00. The zero-order valence-electron chi connectivity index (χ0n) is 10.7. The van der Waals surface area contributed by atoms with Gasteiger partial charge in [0.2, 0.25) is 5.91 Å². The minimum Gasteiger partial charge on any atom is -0.348 e. The number of amides is 1. The van der Waals surface area contributed by atoms with Gasteiger partial charge in [-0.2, -0.15) is 0 Å². The van der Waals surface area contributed by atoms with Crippen LogP contribution in [0.15, 0.2) is 24.3 Å². The van der Waals surface area contributed by atoms with Gasteiger partial charge in [-0.3, -0.25) is 4.79 Å². The summed E-state index contributed by atoms with van der Waals surface area (Å²) in [5.74, 6) is -0.126. The minimum atomic E-state index is -0.797. The number of nitrogens with two attached hydrogens (primary N) is 1. The van der Waals surface area contributed by atoms with Gasteiger partial charge in [-0.1, -0.05) is 12.1 Å². The topological polar surface area (TPSA) is 55.1 Å². The molecule has 0 aliphatic heterocycles. The molecule has 0 aromatic heterocycles. The number of benzene rings is 1. The van der Waals surface area contributed by atoms with Gasteiger partial charge in [-0.05, 0) is 50.3 Å². The highest BCUT2D eigenvalue weighted by molar-refractivity contribution is 5.86. The molecular weight excluding hydrogens is 231 g/mol. The highest BCUT2D eigenvalue weighted by Crippen LogP contribution is 2.38. The Morgan fingerprint density at radius 3 is 2.50 bits per heavy atom. The van der Waals surface area contributed by atoms with Gasteiger partial charge >= 0.3 is 0 Å². The van der Waals surface area contributed by atoms with Gasteiger partial charge in [0.15, 0.2) is 0 Å². The molecule has 1 unspecified atom stereocenters. The van der Waals surface area contributed by atoms with E-state index in [1.54, 1.807) is 19.1 Å². The van der Waals surface area contributed by atoms with Crippen molar-refractivity contribution in [3.63, 3.8) is 0 Å². The summed E-state index contributed by atoms with van der Waals surface area (Å²) in [6.45, 7) is 3.64. The van der Waals surface area contributed by atoms with E-state index in [4.69, 9.17) is 5.73 Å². The molecule has 1 fully saturated rings. The van der Waals surface area contributed by atoms with Crippen LogP contribution in [-0.4, -0.2) is 11.4 Å². The summed E-state index contributed by atoms with van der Waals surface area (Å²) in [5, 5.41) is 2.89. The lowest BCUT2D eigenvalue weighted by Gasteiger charge is -2.26. The van der Waals surface area contributed by atoms with Crippen molar-refractivity contribution in [2.75, 3.05) is 0 Å². The Labute approximate surface area is 107 Å². The van der Waals surface area contributed by atoms with Crippen molar-refractivity contribution in [1.29, 1.82) is 0 Å². The molecule has 1 saturated carbocycles. The van der Waals surface area contributed by atoms with Crippen molar-refractivity contribution < 1.29 is 9.18 Å². The number of carbonyl (C=O) groups is 1. The van der Waals surface area contributed by atoms with Gasteiger partial charge in [0.05, 0.1) is 11.6 Å². The first-order valence-electron chi connectivity index (χ1n) is 6.26. The lowest BCUT2D eigenvalue weighted by molar-refractivity contribution is -0.127. The highest BCUT2D eigenvalue weighted by Gasteiger charge is 2.44. The zero-order valence-corrected chi connectivity index (χ0v) is 10.7. The molecule has 18 heavy (non-hydrogen) atoms. The Hall–Kier alpha value is -1.42. The summed E-state index contributed by atoms with van der Waals surface area (Å²) in [7, 11) is 0. The van der Waals surface area contributed by atoms with Gasteiger partial charge < -0.3 is 11.1 Å². The summed E-state index contributed by atoms with van der Waals surface area (Å²) in [5.41, 5.74) is 6.12. The maximum Gasteiger partial charge on any atom is 0.240 e. The summed E-state index contributed by atoms with van der Waals surface area (Å²) < 4.78 is 12.8. The minimum absolute atomic E-state index is 0.137. The molecule has 1 aliphatic rings. The molecule has 0 bridgehead atoms. The first-order chi connectivity index (χ1) is 8.41. The lowest BCUT2D eigenvalue weighted by atomic mass is 9.95. The number of hydrogen-bond donors (Lipinski definition) is 2. The quantitative estimate of drug-likeness (QED) is 0.860. The molecule has 2 atom stereocenters. The first-order valence-corrected chi connectivity index (χ1v) is 6.26. The van der Waals surface area contributed by atoms with E-state index in [0.717, 1.165) is 18.4 Å². The van der Waals surface area contributed by atoms with Crippen LogP contribution in [0.3, 0.4) is 0 Å². The van der Waals surface area contributed by atoms with Crippen molar-refractivity contribution in [3.8, 4) is 0 Å². The molecule has 1 aromatic carbocycles. The van der Waals surface area contributed by atoms with Crippen molar-refractivity contribution >= 4 is 5.91 Å². The van der Waals surface area contributed by atoms with E-state index in [2.05, 4.69) is 5.32 Å². The van der Waals surface area contributed by atoms with Crippen molar-refractivity contribution in [3.05, 3.63) is 35.6 Å². The normalized spacial score (nSPS) is 20.0. The molecular formula is C14H19FN2O. The Bertz CT molecular complexity index is 438. The maximum absolute atomic E-state index is 12.8. The standard InChI is InChI=1S/C14H19FN2O/c1-9(10-3-7-12(15)8-4-10)17-13(18)14(2,16)11-5-6-11/h3-4,7-9,11H,5-6,16H2,1-2H3,(H,17,18)/t9-,14?/m1/s1. The maximum atomic E-state index is 12.8. The molecule has 3 N–H and O–H groups in total. The molecule has 1 aliphatic carbocycles. The summed E-state index contributed by atoms with van der Waals surface area (Å²) >= 11 is 0. The average Bonchev–Trinajstić information content (AvgIpc) is 3.13. The predicted octanol–water partition coefficient (Wildman–Crippen LogP) is 2.13. The van der Waals surface area contributed by atoms with Gasteiger partial charge in [-0.25, -0.2) is 4.39 Å². The zero-order chi connectivity index (χ0) is 13.3. The van der Waals surface area contributed by atoms with Gasteiger partial charge in [0.25, 0.3) is 0 Å². The lowest BCUT2D eigenvalue weighted by Crippen LogP contribution is -2.53. The van der Waals surface area contributed by atoms with E-state index in [1.165, 1.54) is 12.1 Å². The van der Waals surface area contributed by atoms with Crippen LogP contribution in [0.4, 0.5) is 4.39 Å². The van der Waals surface area contributed by atoms with Crippen LogP contribution in [0, 0.1) is 11.7 Å². The molecule has 0 radical (unpaired) electrons. The summed E-state index contributed by atoms with van der Waals surface area (Å²) in [4.78, 5) is 12.1. The fourth-order valence-corrected chi connectivity index (χ4v) is 2.06. The fraction of sp³-hybridized carbons (Fsp3) is 0.500. The monoisotopic (exact) mass is 250 g/mol. The third kappa shape index (κ3) is 2.70. The second-order valence-electron chi connectivity index (χ2n) is 5.30. The number of rotatable bonds is 4. The molecule has 0 heterocycles. The van der Waals surface area contributed by atoms with E-state index in [0.29, 0.717) is 0 Å². The van der Waals surface area contributed by atoms with Crippen LogP contribution in [0.5, 0.6) is 0 Å². The molecule has 4 heteroatoms. The van der Waals surface area contributed by atoms with E-state index in [1.807, 2.05) is 6.92 Å². The van der Waals surface area contributed by atoms with E-state index < -0.39 is 5.54 Å². The number of hydrogen-bond acceptors (Lipinski definition) is 2. The second kappa shape index (κ2) is 4.69. The number of carbonyl (C=O) groups excluding carboxylic acids is 1. The van der Waals surface area contributed by atoms with Crippen molar-refractivity contribution in [2.45, 2.75) is 38.3 Å². The van der Waals surface area contributed by atoms with E-state index in [9.17, 15) is 9.18 Å². The molecule has 1 aromatic rings. The van der Waals surface area contributed by atoms with Crippen LogP contribution < -0.4 is 11.1 Å². The van der Waals surface area contributed by atoms with Crippen LogP contribution in [0.25, 0.3) is 0 Å². The summed E-state index contributed by atoms with van der Waals surface area (Å²) in [6.07, 6.45) is 2.04. The largest absolute Gasteiger partial charge is 0.348 e. The highest BCUT2D eigenvalue weighted by atomic mass is 19.1. The van der Waals surface area contributed by atoms with Crippen LogP contribution >= 0.6 is 0 Å². The third-order valence-corrected chi connectivity index (χ3v) is 3.63. The van der Waals surface area contributed by atoms with Gasteiger partial charge in [-0.15, -0.1) is 0 Å². The smallest absolute Gasteiger partial charge is 0.240 e. The Morgan fingerprint density at radius 2 is 2.00 bits per heavy atom. The molecule has 0 saturated heterocycles. The average molecular weight is 250 g/mol. The van der Waals surface area contributed by atoms with Crippen LogP contribution in [-0.2, 0) is 4.79 Å². The third-order valence-electron chi connectivity index (χ3n) is 3.63. The molecule has 3 nitrogen and oxygen atoms in total. The predicted molar refractivity (Wildman–Crippen MR) is 68.3 cm³/mol.